The Labute approximate surface area is 149 Å². The third-order valence-corrected chi connectivity index (χ3v) is 4.34. The molecule has 2 rings (SSSR count). The van der Waals surface area contributed by atoms with Gasteiger partial charge in [-0.3, -0.25) is 0 Å². The minimum Gasteiger partial charge on any atom is -0.491 e. The number of nitrogens with one attached hydrogen (secondary N) is 1. The Morgan fingerprint density at radius 1 is 1.12 bits per heavy atom. The monoisotopic (exact) mass is 386 g/mol. The molecule has 0 saturated carbocycles. The fraction of sp³-hybridized carbons (Fsp3) is 0.235. The summed E-state index contributed by atoms with van der Waals surface area (Å²) in [7, 11) is -3.94. The van der Waals surface area contributed by atoms with Crippen LogP contribution in [0.1, 0.15) is 25.0 Å². The molecule has 0 bridgehead atoms. The fourth-order valence-corrected chi connectivity index (χ4v) is 2.78. The highest BCUT2D eigenvalue weighted by atomic mass is 32.2. The molecule has 26 heavy (non-hydrogen) atoms. The number of halogens is 3. The van der Waals surface area contributed by atoms with E-state index in [1.807, 2.05) is 18.7 Å². The summed E-state index contributed by atoms with van der Waals surface area (Å²) in [4.78, 5) is 1.92. The molecule has 5 nitrogen and oxygen atoms in total. The van der Waals surface area contributed by atoms with Crippen molar-refractivity contribution in [3.8, 4) is 5.75 Å². The second-order valence-corrected chi connectivity index (χ2v) is 7.28. The van der Waals surface area contributed by atoms with Crippen molar-refractivity contribution in [2.24, 2.45) is 5.10 Å². The molecule has 0 spiro atoms. The summed E-state index contributed by atoms with van der Waals surface area (Å²) in [6.07, 6.45) is -3.53. The molecule has 2 aromatic carbocycles. The van der Waals surface area contributed by atoms with Crippen molar-refractivity contribution in [3.05, 3.63) is 59.7 Å². The van der Waals surface area contributed by atoms with E-state index in [0.29, 0.717) is 5.75 Å². The van der Waals surface area contributed by atoms with E-state index in [1.165, 1.54) is 36.4 Å². The smallest absolute Gasteiger partial charge is 0.416 e. The van der Waals surface area contributed by atoms with E-state index < -0.39 is 21.8 Å². The van der Waals surface area contributed by atoms with Gasteiger partial charge < -0.3 is 4.74 Å². The van der Waals surface area contributed by atoms with Crippen LogP contribution in [0.4, 0.5) is 13.2 Å². The van der Waals surface area contributed by atoms with Crippen molar-refractivity contribution < 1.29 is 26.3 Å². The van der Waals surface area contributed by atoms with Crippen LogP contribution in [0.3, 0.4) is 0 Å². The number of alkyl halides is 3. The molecule has 140 valence electrons. The van der Waals surface area contributed by atoms with Gasteiger partial charge in [0.2, 0.25) is 0 Å². The predicted molar refractivity (Wildman–Crippen MR) is 91.6 cm³/mol. The van der Waals surface area contributed by atoms with Gasteiger partial charge in [-0.25, -0.2) is 4.83 Å². The van der Waals surface area contributed by atoms with Gasteiger partial charge in [0.15, 0.2) is 0 Å². The lowest BCUT2D eigenvalue weighted by atomic mass is 10.1. The van der Waals surface area contributed by atoms with Gasteiger partial charge in [0.25, 0.3) is 10.0 Å². The van der Waals surface area contributed by atoms with Crippen molar-refractivity contribution in [2.75, 3.05) is 0 Å². The SMILES string of the molecule is CC(C)Oc1ccc(S(=O)(=O)N/N=C/c2cccc(C(F)(F)F)c2)cc1. The minimum absolute atomic E-state index is 0.0465. The number of hydrazone groups is 1. The zero-order valence-corrected chi connectivity index (χ0v) is 14.8. The van der Waals surface area contributed by atoms with E-state index in [1.54, 1.807) is 0 Å². The molecular formula is C17H17F3N2O3S. The van der Waals surface area contributed by atoms with E-state index in [-0.39, 0.29) is 16.6 Å². The molecule has 0 amide bonds. The van der Waals surface area contributed by atoms with Gasteiger partial charge in [-0.15, -0.1) is 0 Å². The molecule has 2 aromatic rings. The highest BCUT2D eigenvalue weighted by Gasteiger charge is 2.30. The second-order valence-electron chi connectivity index (χ2n) is 5.61. The molecule has 0 saturated heterocycles. The van der Waals surface area contributed by atoms with Crippen LogP contribution < -0.4 is 9.57 Å². The quantitative estimate of drug-likeness (QED) is 0.606. The number of sulfonamides is 1. The molecule has 0 unspecified atom stereocenters. The summed E-state index contributed by atoms with van der Waals surface area (Å²) in [6.45, 7) is 3.68. The first kappa shape index (κ1) is 19.8. The zero-order chi connectivity index (χ0) is 19.4. The number of ether oxygens (including phenoxy) is 1. The summed E-state index contributed by atoms with van der Waals surface area (Å²) in [5.41, 5.74) is -0.728. The Kier molecular flexibility index (Phi) is 5.91. The van der Waals surface area contributed by atoms with Gasteiger partial charge >= 0.3 is 6.18 Å². The Bertz CT molecular complexity index is 877. The molecule has 0 fully saturated rings. The molecule has 0 atom stereocenters. The standard InChI is InChI=1S/C17H17F3N2O3S/c1-12(2)25-15-6-8-16(9-7-15)26(23,24)22-21-11-13-4-3-5-14(10-13)17(18,19)20/h3-12,22H,1-2H3/b21-11+. The van der Waals surface area contributed by atoms with Gasteiger partial charge in [-0.2, -0.15) is 26.7 Å². The van der Waals surface area contributed by atoms with Crippen LogP contribution in [0, 0.1) is 0 Å². The Balaban J connectivity index is 2.09. The maximum Gasteiger partial charge on any atom is 0.416 e. The number of hydrogen-bond donors (Lipinski definition) is 1. The number of rotatable bonds is 6. The normalized spacial score (nSPS) is 12.5. The van der Waals surface area contributed by atoms with E-state index in [2.05, 4.69) is 5.10 Å². The van der Waals surface area contributed by atoms with Crippen LogP contribution >= 0.6 is 0 Å². The van der Waals surface area contributed by atoms with E-state index in [4.69, 9.17) is 4.74 Å². The average molecular weight is 386 g/mol. The topological polar surface area (TPSA) is 67.8 Å². The maximum atomic E-state index is 12.6. The third kappa shape index (κ3) is 5.48. The first-order valence-electron chi connectivity index (χ1n) is 7.57. The van der Waals surface area contributed by atoms with Gasteiger partial charge in [-0.1, -0.05) is 12.1 Å². The molecule has 9 heteroatoms. The van der Waals surface area contributed by atoms with Gasteiger partial charge in [0, 0.05) is 0 Å². The Hall–Kier alpha value is -2.55. The van der Waals surface area contributed by atoms with Gasteiger partial charge in [0.1, 0.15) is 5.75 Å². The number of benzene rings is 2. The second kappa shape index (κ2) is 7.77. The number of nitrogens with zero attached hydrogens (tertiary/aromatic N) is 1. The molecule has 1 N–H and O–H groups in total. The average Bonchev–Trinajstić information content (AvgIpc) is 2.54. The molecule has 0 aliphatic carbocycles. The molecular weight excluding hydrogens is 369 g/mol. The van der Waals surface area contributed by atoms with Crippen molar-refractivity contribution in [3.63, 3.8) is 0 Å². The van der Waals surface area contributed by atoms with Crippen molar-refractivity contribution >= 4 is 16.2 Å². The summed E-state index contributed by atoms with van der Waals surface area (Å²) < 4.78 is 67.6. The minimum atomic E-state index is -4.48. The van der Waals surface area contributed by atoms with Crippen LogP contribution in [0.25, 0.3) is 0 Å². The Morgan fingerprint density at radius 2 is 1.77 bits per heavy atom. The third-order valence-electron chi connectivity index (χ3n) is 3.11. The van der Waals surface area contributed by atoms with Crippen molar-refractivity contribution in [2.45, 2.75) is 31.0 Å². The van der Waals surface area contributed by atoms with Crippen LogP contribution in [0.5, 0.6) is 5.75 Å². The van der Waals surface area contributed by atoms with Crippen LogP contribution in [-0.4, -0.2) is 20.7 Å². The van der Waals surface area contributed by atoms with E-state index in [9.17, 15) is 21.6 Å². The number of hydrogen-bond acceptors (Lipinski definition) is 4. The summed E-state index contributed by atoms with van der Waals surface area (Å²) in [5.74, 6) is 0.520. The summed E-state index contributed by atoms with van der Waals surface area (Å²) in [6, 6.07) is 10.1. The first-order chi connectivity index (χ1) is 12.1. The highest BCUT2D eigenvalue weighted by Crippen LogP contribution is 2.29. The van der Waals surface area contributed by atoms with Crippen molar-refractivity contribution in [1.29, 1.82) is 0 Å². The first-order valence-corrected chi connectivity index (χ1v) is 9.05. The van der Waals surface area contributed by atoms with Crippen LogP contribution in [0.15, 0.2) is 58.5 Å². The molecule has 0 aromatic heterocycles. The zero-order valence-electron chi connectivity index (χ0n) is 14.0. The molecule has 0 heterocycles. The highest BCUT2D eigenvalue weighted by molar-refractivity contribution is 7.89. The molecule has 0 radical (unpaired) electrons. The Morgan fingerprint density at radius 3 is 2.35 bits per heavy atom. The molecule has 0 aliphatic rings. The van der Waals surface area contributed by atoms with Crippen LogP contribution in [-0.2, 0) is 16.2 Å². The van der Waals surface area contributed by atoms with E-state index in [0.717, 1.165) is 18.3 Å². The van der Waals surface area contributed by atoms with E-state index >= 15 is 0 Å². The predicted octanol–water partition coefficient (Wildman–Crippen LogP) is 3.81. The maximum absolute atomic E-state index is 12.6. The lowest BCUT2D eigenvalue weighted by Crippen LogP contribution is -2.18. The van der Waals surface area contributed by atoms with Crippen molar-refractivity contribution in [1.82, 2.24) is 4.83 Å². The summed E-state index contributed by atoms with van der Waals surface area (Å²) >= 11 is 0. The summed E-state index contributed by atoms with van der Waals surface area (Å²) in [5, 5.41) is 3.52. The largest absolute Gasteiger partial charge is 0.491 e. The van der Waals surface area contributed by atoms with Gasteiger partial charge in [0.05, 0.1) is 22.8 Å². The fourth-order valence-electron chi connectivity index (χ4n) is 1.99. The lowest BCUT2D eigenvalue weighted by molar-refractivity contribution is -0.137. The molecule has 0 aliphatic heterocycles. The van der Waals surface area contributed by atoms with Crippen LogP contribution in [0.2, 0.25) is 0 Å². The lowest BCUT2D eigenvalue weighted by Gasteiger charge is -2.10. The van der Waals surface area contributed by atoms with Gasteiger partial charge in [-0.05, 0) is 55.8 Å².